The van der Waals surface area contributed by atoms with E-state index in [1.165, 1.54) is 0 Å². The van der Waals surface area contributed by atoms with Gasteiger partial charge < -0.3 is 14.5 Å². The van der Waals surface area contributed by atoms with Crippen molar-refractivity contribution < 1.29 is 9.47 Å². The number of aryl methyl sites for hydroxylation is 1. The molecule has 4 nitrogen and oxygen atoms in total. The lowest BCUT2D eigenvalue weighted by Gasteiger charge is -2.06. The van der Waals surface area contributed by atoms with Crippen LogP contribution in [0.4, 0.5) is 0 Å². The molecule has 0 atom stereocenters. The van der Waals surface area contributed by atoms with Crippen molar-refractivity contribution in [3.63, 3.8) is 0 Å². The van der Waals surface area contributed by atoms with Gasteiger partial charge in [-0.3, -0.25) is 0 Å². The minimum absolute atomic E-state index is 0.419. The monoisotopic (exact) mass is 282 g/mol. The molecule has 21 heavy (non-hydrogen) atoms. The smallest absolute Gasteiger partial charge is 0.146 e. The van der Waals surface area contributed by atoms with Crippen LogP contribution in [0.25, 0.3) is 11.0 Å². The lowest BCUT2D eigenvalue weighted by Crippen LogP contribution is -1.97. The highest BCUT2D eigenvalue weighted by atomic mass is 16.5. The van der Waals surface area contributed by atoms with Gasteiger partial charge in [0.25, 0.3) is 0 Å². The van der Waals surface area contributed by atoms with E-state index in [0.717, 1.165) is 33.9 Å². The SMILES string of the molecule is CCOc1ccc(OCc2nc3c(C)cccc3[nH]2)cc1. The molecule has 2 aromatic carbocycles. The molecule has 3 aromatic rings. The molecule has 0 saturated heterocycles. The van der Waals surface area contributed by atoms with E-state index in [-0.39, 0.29) is 0 Å². The first-order chi connectivity index (χ1) is 10.3. The van der Waals surface area contributed by atoms with E-state index in [0.29, 0.717) is 13.2 Å². The van der Waals surface area contributed by atoms with Crippen LogP contribution in [0.2, 0.25) is 0 Å². The summed E-state index contributed by atoms with van der Waals surface area (Å²) in [6.45, 7) is 5.11. The number of nitrogens with one attached hydrogen (secondary N) is 1. The summed E-state index contributed by atoms with van der Waals surface area (Å²) in [6, 6.07) is 13.7. The molecule has 0 fully saturated rings. The maximum absolute atomic E-state index is 5.75. The Kier molecular flexibility index (Phi) is 3.77. The molecule has 0 amide bonds. The third kappa shape index (κ3) is 2.99. The number of ether oxygens (including phenoxy) is 2. The Hall–Kier alpha value is -2.49. The molecule has 0 spiro atoms. The molecule has 0 aliphatic carbocycles. The number of imidazole rings is 1. The van der Waals surface area contributed by atoms with E-state index < -0.39 is 0 Å². The molecule has 1 heterocycles. The molecule has 0 aliphatic heterocycles. The summed E-state index contributed by atoms with van der Waals surface area (Å²) >= 11 is 0. The zero-order valence-corrected chi connectivity index (χ0v) is 12.2. The van der Waals surface area contributed by atoms with E-state index >= 15 is 0 Å². The third-order valence-corrected chi connectivity index (χ3v) is 3.27. The Labute approximate surface area is 123 Å². The van der Waals surface area contributed by atoms with E-state index in [1.807, 2.05) is 43.3 Å². The van der Waals surface area contributed by atoms with Crippen LogP contribution in [-0.4, -0.2) is 16.6 Å². The molecule has 0 radical (unpaired) electrons. The first-order valence-electron chi connectivity index (χ1n) is 7.06. The van der Waals surface area contributed by atoms with Crippen molar-refractivity contribution in [3.8, 4) is 11.5 Å². The van der Waals surface area contributed by atoms with Crippen LogP contribution in [0.3, 0.4) is 0 Å². The van der Waals surface area contributed by atoms with Crippen molar-refractivity contribution in [2.75, 3.05) is 6.61 Å². The number of para-hydroxylation sites is 1. The van der Waals surface area contributed by atoms with Gasteiger partial charge in [-0.25, -0.2) is 4.98 Å². The van der Waals surface area contributed by atoms with Gasteiger partial charge in [-0.2, -0.15) is 0 Å². The fraction of sp³-hybridized carbons (Fsp3) is 0.235. The highest BCUT2D eigenvalue weighted by Gasteiger charge is 2.05. The number of aromatic amines is 1. The number of aromatic nitrogens is 2. The molecule has 0 unspecified atom stereocenters. The molecule has 0 aliphatic rings. The lowest BCUT2D eigenvalue weighted by atomic mass is 10.2. The molecule has 0 bridgehead atoms. The van der Waals surface area contributed by atoms with Crippen LogP contribution in [0.5, 0.6) is 11.5 Å². The summed E-state index contributed by atoms with van der Waals surface area (Å²) in [4.78, 5) is 7.85. The maximum atomic E-state index is 5.75. The summed E-state index contributed by atoms with van der Waals surface area (Å²) in [5.41, 5.74) is 3.21. The molecule has 0 saturated carbocycles. The van der Waals surface area contributed by atoms with Gasteiger partial charge in [0, 0.05) is 0 Å². The predicted octanol–water partition coefficient (Wildman–Crippen LogP) is 3.85. The van der Waals surface area contributed by atoms with Gasteiger partial charge in [-0.05, 0) is 49.7 Å². The van der Waals surface area contributed by atoms with Crippen molar-refractivity contribution >= 4 is 11.0 Å². The first kappa shape index (κ1) is 13.5. The number of rotatable bonds is 5. The van der Waals surface area contributed by atoms with Gasteiger partial charge in [0.05, 0.1) is 17.6 Å². The average Bonchev–Trinajstić information content (AvgIpc) is 2.91. The second kappa shape index (κ2) is 5.87. The van der Waals surface area contributed by atoms with Crippen LogP contribution in [0.1, 0.15) is 18.3 Å². The van der Waals surface area contributed by atoms with Gasteiger partial charge in [0.2, 0.25) is 0 Å². The van der Waals surface area contributed by atoms with Crippen molar-refractivity contribution in [3.05, 3.63) is 53.9 Å². The number of H-pyrrole nitrogens is 1. The van der Waals surface area contributed by atoms with Crippen molar-refractivity contribution in [2.45, 2.75) is 20.5 Å². The minimum Gasteiger partial charge on any atom is -0.494 e. The van der Waals surface area contributed by atoms with Gasteiger partial charge in [-0.15, -0.1) is 0 Å². The highest BCUT2D eigenvalue weighted by molar-refractivity contribution is 5.78. The standard InChI is InChI=1S/C17H18N2O2/c1-3-20-13-7-9-14(10-8-13)21-11-16-18-15-6-4-5-12(2)17(15)19-16/h4-10H,3,11H2,1-2H3,(H,18,19). The van der Waals surface area contributed by atoms with E-state index in [9.17, 15) is 0 Å². The molecule has 1 N–H and O–H groups in total. The molecular formula is C17H18N2O2. The second-order valence-corrected chi connectivity index (χ2v) is 4.85. The molecular weight excluding hydrogens is 264 g/mol. The van der Waals surface area contributed by atoms with Crippen molar-refractivity contribution in [1.82, 2.24) is 9.97 Å². The molecule has 3 rings (SSSR count). The summed E-state index contributed by atoms with van der Waals surface area (Å²) in [5.74, 6) is 2.48. The summed E-state index contributed by atoms with van der Waals surface area (Å²) in [6.07, 6.45) is 0. The summed E-state index contributed by atoms with van der Waals surface area (Å²) < 4.78 is 11.1. The quantitative estimate of drug-likeness (QED) is 0.773. The Bertz CT molecular complexity index is 732. The van der Waals surface area contributed by atoms with Gasteiger partial charge in [0.15, 0.2) is 0 Å². The van der Waals surface area contributed by atoms with Crippen molar-refractivity contribution in [2.24, 2.45) is 0 Å². The van der Waals surface area contributed by atoms with Crippen LogP contribution >= 0.6 is 0 Å². The zero-order chi connectivity index (χ0) is 14.7. The number of benzene rings is 2. The lowest BCUT2D eigenvalue weighted by molar-refractivity contribution is 0.296. The topological polar surface area (TPSA) is 47.1 Å². The zero-order valence-electron chi connectivity index (χ0n) is 12.2. The van der Waals surface area contributed by atoms with Gasteiger partial charge in [0.1, 0.15) is 23.9 Å². The van der Waals surface area contributed by atoms with Crippen molar-refractivity contribution in [1.29, 1.82) is 0 Å². The number of nitrogens with zero attached hydrogens (tertiary/aromatic N) is 1. The normalized spacial score (nSPS) is 10.8. The molecule has 108 valence electrons. The first-order valence-corrected chi connectivity index (χ1v) is 7.06. The van der Waals surface area contributed by atoms with E-state index in [2.05, 4.69) is 23.0 Å². The van der Waals surface area contributed by atoms with Crippen LogP contribution in [-0.2, 0) is 6.61 Å². The Morgan fingerprint density at radius 1 is 1.00 bits per heavy atom. The summed E-state index contributed by atoms with van der Waals surface area (Å²) in [7, 11) is 0. The predicted molar refractivity (Wildman–Crippen MR) is 82.8 cm³/mol. The Morgan fingerprint density at radius 3 is 2.38 bits per heavy atom. The summed E-state index contributed by atoms with van der Waals surface area (Å²) in [5, 5.41) is 0. The number of hydrogen-bond acceptors (Lipinski definition) is 3. The molecule has 4 heteroatoms. The van der Waals surface area contributed by atoms with E-state index in [1.54, 1.807) is 0 Å². The van der Waals surface area contributed by atoms with Crippen LogP contribution in [0.15, 0.2) is 42.5 Å². The number of fused-ring (bicyclic) bond motifs is 1. The Balaban J connectivity index is 1.69. The third-order valence-electron chi connectivity index (χ3n) is 3.27. The van der Waals surface area contributed by atoms with Gasteiger partial charge in [-0.1, -0.05) is 12.1 Å². The molecule has 1 aromatic heterocycles. The second-order valence-electron chi connectivity index (χ2n) is 4.85. The largest absolute Gasteiger partial charge is 0.494 e. The Morgan fingerprint density at radius 2 is 1.71 bits per heavy atom. The van der Waals surface area contributed by atoms with Gasteiger partial charge >= 0.3 is 0 Å². The van der Waals surface area contributed by atoms with Crippen LogP contribution < -0.4 is 9.47 Å². The van der Waals surface area contributed by atoms with Crippen LogP contribution in [0, 0.1) is 6.92 Å². The number of hydrogen-bond donors (Lipinski definition) is 1. The maximum Gasteiger partial charge on any atom is 0.146 e. The fourth-order valence-corrected chi connectivity index (χ4v) is 2.25. The highest BCUT2D eigenvalue weighted by Crippen LogP contribution is 2.19. The minimum atomic E-state index is 0.419. The average molecular weight is 282 g/mol. The van der Waals surface area contributed by atoms with E-state index in [4.69, 9.17) is 9.47 Å². The fourth-order valence-electron chi connectivity index (χ4n) is 2.25.